The second-order valence-electron chi connectivity index (χ2n) is 5.94. The quantitative estimate of drug-likeness (QED) is 0.923. The van der Waals surface area contributed by atoms with Gasteiger partial charge in [0.15, 0.2) is 0 Å². The van der Waals surface area contributed by atoms with Crippen LogP contribution >= 0.6 is 0 Å². The lowest BCUT2D eigenvalue weighted by atomic mass is 9.98. The first-order valence-corrected chi connectivity index (χ1v) is 9.38. The molecule has 126 valence electrons. The van der Waals surface area contributed by atoms with E-state index in [1.54, 1.807) is 12.1 Å². The van der Waals surface area contributed by atoms with Crippen LogP contribution in [-0.2, 0) is 14.8 Å². The van der Waals surface area contributed by atoms with Crippen molar-refractivity contribution in [2.24, 2.45) is 11.7 Å². The zero-order chi connectivity index (χ0) is 17.2. The Morgan fingerprint density at radius 3 is 2.17 bits per heavy atom. The van der Waals surface area contributed by atoms with Gasteiger partial charge in [-0.25, -0.2) is 8.42 Å². The van der Waals surface area contributed by atoms with E-state index in [1.165, 1.54) is 4.31 Å². The number of piperidine rings is 1. The number of carbonyl (C=O) groups excluding carboxylic acids is 1. The van der Waals surface area contributed by atoms with E-state index in [2.05, 4.69) is 0 Å². The highest BCUT2D eigenvalue weighted by atomic mass is 32.2. The number of carbonyl (C=O) groups is 1. The number of nitrogens with two attached hydrogens (primary N) is 1. The first-order chi connectivity index (χ1) is 11.5. The van der Waals surface area contributed by atoms with E-state index < -0.39 is 10.0 Å². The Morgan fingerprint density at radius 2 is 1.54 bits per heavy atom. The maximum atomic E-state index is 13.1. The van der Waals surface area contributed by atoms with Crippen molar-refractivity contribution < 1.29 is 13.2 Å². The smallest absolute Gasteiger partial charge is 0.243 e. The van der Waals surface area contributed by atoms with Gasteiger partial charge in [0.1, 0.15) is 0 Å². The van der Waals surface area contributed by atoms with Gasteiger partial charge >= 0.3 is 0 Å². The normalized spacial score (nSPS) is 16.8. The first-order valence-electron chi connectivity index (χ1n) is 7.94. The highest BCUT2D eigenvalue weighted by Crippen LogP contribution is 2.31. The molecule has 3 rings (SSSR count). The predicted molar refractivity (Wildman–Crippen MR) is 92.6 cm³/mol. The van der Waals surface area contributed by atoms with Crippen molar-refractivity contribution in [2.45, 2.75) is 17.7 Å². The van der Waals surface area contributed by atoms with Gasteiger partial charge < -0.3 is 5.73 Å². The topological polar surface area (TPSA) is 80.5 Å². The molecule has 1 amide bonds. The molecule has 1 saturated heterocycles. The lowest BCUT2D eigenvalue weighted by Crippen LogP contribution is -2.41. The van der Waals surface area contributed by atoms with Crippen molar-refractivity contribution in [3.05, 3.63) is 54.6 Å². The minimum absolute atomic E-state index is 0.235. The van der Waals surface area contributed by atoms with Crippen LogP contribution in [0.5, 0.6) is 0 Å². The summed E-state index contributed by atoms with van der Waals surface area (Å²) in [6.45, 7) is 0.637. The summed E-state index contributed by atoms with van der Waals surface area (Å²) in [5.41, 5.74) is 6.88. The van der Waals surface area contributed by atoms with E-state index in [-0.39, 0.29) is 11.8 Å². The van der Waals surface area contributed by atoms with Gasteiger partial charge in [0.25, 0.3) is 0 Å². The highest BCUT2D eigenvalue weighted by molar-refractivity contribution is 7.89. The molecule has 0 radical (unpaired) electrons. The van der Waals surface area contributed by atoms with Crippen molar-refractivity contribution in [1.82, 2.24) is 4.31 Å². The summed E-state index contributed by atoms with van der Waals surface area (Å²) in [6, 6.07) is 16.5. The number of nitrogens with zero attached hydrogens (tertiary/aromatic N) is 1. The molecule has 5 nitrogen and oxygen atoms in total. The summed E-state index contributed by atoms with van der Waals surface area (Å²) in [7, 11) is -3.61. The molecular weight excluding hydrogens is 324 g/mol. The third kappa shape index (κ3) is 3.20. The Labute approximate surface area is 142 Å². The molecule has 0 aromatic heterocycles. The van der Waals surface area contributed by atoms with E-state index in [9.17, 15) is 13.2 Å². The van der Waals surface area contributed by atoms with Gasteiger partial charge in [-0.05, 0) is 24.5 Å². The van der Waals surface area contributed by atoms with Crippen LogP contribution in [0.4, 0.5) is 0 Å². The zero-order valence-electron chi connectivity index (χ0n) is 13.3. The Bertz CT molecular complexity index is 826. The molecule has 1 heterocycles. The molecule has 0 bridgehead atoms. The molecule has 0 aliphatic carbocycles. The molecule has 24 heavy (non-hydrogen) atoms. The van der Waals surface area contributed by atoms with Gasteiger partial charge in [-0.3, -0.25) is 4.79 Å². The Balaban J connectivity index is 1.93. The number of hydrogen-bond acceptors (Lipinski definition) is 3. The monoisotopic (exact) mass is 344 g/mol. The lowest BCUT2D eigenvalue weighted by molar-refractivity contribution is -0.122. The molecule has 1 aliphatic heterocycles. The molecule has 1 aliphatic rings. The van der Waals surface area contributed by atoms with Gasteiger partial charge in [0.2, 0.25) is 15.9 Å². The van der Waals surface area contributed by atoms with Crippen LogP contribution in [0.2, 0.25) is 0 Å². The summed E-state index contributed by atoms with van der Waals surface area (Å²) >= 11 is 0. The lowest BCUT2D eigenvalue weighted by Gasteiger charge is -2.30. The summed E-state index contributed by atoms with van der Waals surface area (Å²) in [5, 5.41) is 0. The van der Waals surface area contributed by atoms with Crippen LogP contribution in [0.15, 0.2) is 59.5 Å². The Morgan fingerprint density at radius 1 is 0.958 bits per heavy atom. The first kappa shape index (κ1) is 16.7. The molecule has 2 aromatic carbocycles. The molecule has 2 N–H and O–H groups in total. The number of sulfonamides is 1. The van der Waals surface area contributed by atoms with Crippen molar-refractivity contribution in [3.63, 3.8) is 0 Å². The van der Waals surface area contributed by atoms with Crippen LogP contribution in [0.25, 0.3) is 11.1 Å². The van der Waals surface area contributed by atoms with Gasteiger partial charge in [0.05, 0.1) is 4.90 Å². The number of primary amides is 1. The zero-order valence-corrected chi connectivity index (χ0v) is 14.1. The third-order valence-electron chi connectivity index (χ3n) is 4.45. The van der Waals surface area contributed by atoms with Gasteiger partial charge in [-0.15, -0.1) is 0 Å². The van der Waals surface area contributed by atoms with E-state index >= 15 is 0 Å². The fraction of sp³-hybridized carbons (Fsp3) is 0.278. The number of rotatable bonds is 4. The van der Waals surface area contributed by atoms with Crippen molar-refractivity contribution in [1.29, 1.82) is 0 Å². The molecule has 2 aromatic rings. The number of amides is 1. The average molecular weight is 344 g/mol. The molecule has 1 fully saturated rings. The summed E-state index contributed by atoms with van der Waals surface area (Å²) in [4.78, 5) is 11.6. The Kier molecular flexibility index (Phi) is 4.69. The van der Waals surface area contributed by atoms with E-state index in [0.717, 1.165) is 5.56 Å². The van der Waals surface area contributed by atoms with Gasteiger partial charge in [0, 0.05) is 24.6 Å². The summed E-state index contributed by atoms with van der Waals surface area (Å²) < 4.78 is 27.6. The largest absolute Gasteiger partial charge is 0.369 e. The van der Waals surface area contributed by atoms with Gasteiger partial charge in [-0.1, -0.05) is 48.5 Å². The van der Waals surface area contributed by atoms with Crippen molar-refractivity contribution in [3.8, 4) is 11.1 Å². The summed E-state index contributed by atoms with van der Waals surface area (Å²) in [5.74, 6) is -0.586. The molecule has 0 atom stereocenters. The third-order valence-corrected chi connectivity index (χ3v) is 6.40. The SMILES string of the molecule is NC(=O)C1CCN(S(=O)(=O)c2ccccc2-c2ccccc2)CC1. The molecule has 0 unspecified atom stereocenters. The molecular formula is C18H20N2O3S. The van der Waals surface area contributed by atoms with Crippen LogP contribution < -0.4 is 5.73 Å². The Hall–Kier alpha value is -2.18. The van der Waals surface area contributed by atoms with E-state index in [1.807, 2.05) is 42.5 Å². The number of hydrogen-bond donors (Lipinski definition) is 1. The van der Waals surface area contributed by atoms with Crippen molar-refractivity contribution >= 4 is 15.9 Å². The average Bonchev–Trinajstić information content (AvgIpc) is 2.62. The standard InChI is InChI=1S/C18H20N2O3S/c19-18(21)15-10-12-20(13-11-15)24(22,23)17-9-5-4-8-16(17)14-6-2-1-3-7-14/h1-9,15H,10-13H2,(H2,19,21). The van der Waals surface area contributed by atoms with E-state index in [4.69, 9.17) is 5.73 Å². The van der Waals surface area contributed by atoms with Crippen LogP contribution in [0.3, 0.4) is 0 Å². The van der Waals surface area contributed by atoms with Crippen LogP contribution in [0.1, 0.15) is 12.8 Å². The fourth-order valence-electron chi connectivity index (χ4n) is 3.07. The minimum Gasteiger partial charge on any atom is -0.369 e. The summed E-state index contributed by atoms with van der Waals surface area (Å²) in [6.07, 6.45) is 0.949. The second kappa shape index (κ2) is 6.75. The fourth-order valence-corrected chi connectivity index (χ4v) is 4.75. The van der Waals surface area contributed by atoms with Crippen molar-refractivity contribution in [2.75, 3.05) is 13.1 Å². The number of benzene rings is 2. The minimum atomic E-state index is -3.61. The van der Waals surface area contributed by atoms with Crippen LogP contribution in [-0.4, -0.2) is 31.7 Å². The molecule has 6 heteroatoms. The van der Waals surface area contributed by atoms with E-state index in [0.29, 0.717) is 36.4 Å². The van der Waals surface area contributed by atoms with Crippen LogP contribution in [0, 0.1) is 5.92 Å². The molecule has 0 saturated carbocycles. The maximum absolute atomic E-state index is 13.1. The predicted octanol–water partition coefficient (Wildman–Crippen LogP) is 2.24. The highest BCUT2D eigenvalue weighted by Gasteiger charge is 2.32. The maximum Gasteiger partial charge on any atom is 0.243 e. The van der Waals surface area contributed by atoms with Gasteiger partial charge in [-0.2, -0.15) is 4.31 Å². The molecule has 0 spiro atoms. The second-order valence-corrected chi connectivity index (χ2v) is 7.85.